The second kappa shape index (κ2) is 7.60. The van der Waals surface area contributed by atoms with Crippen LogP contribution < -0.4 is 5.32 Å². The van der Waals surface area contributed by atoms with Crippen molar-refractivity contribution in [3.05, 3.63) is 46.5 Å². The highest BCUT2D eigenvalue weighted by Gasteiger charge is 2.13. The van der Waals surface area contributed by atoms with Crippen LogP contribution in [0.1, 0.15) is 50.3 Å². The quantitative estimate of drug-likeness (QED) is 0.681. The molecule has 1 aromatic carbocycles. The maximum atomic E-state index is 6.02. The lowest BCUT2D eigenvalue weighted by Gasteiger charge is -2.21. The zero-order valence-corrected chi connectivity index (χ0v) is 12.5. The molecule has 2 heteroatoms. The van der Waals surface area contributed by atoms with Gasteiger partial charge in [0, 0.05) is 11.1 Å². The van der Waals surface area contributed by atoms with Crippen LogP contribution in [-0.2, 0) is 0 Å². The Morgan fingerprint density at radius 2 is 2.17 bits per heavy atom. The second-order valence-corrected chi connectivity index (χ2v) is 5.44. The van der Waals surface area contributed by atoms with E-state index in [9.17, 15) is 0 Å². The summed E-state index contributed by atoms with van der Waals surface area (Å²) in [6, 6.07) is 6.56. The van der Waals surface area contributed by atoms with Crippen LogP contribution in [0.4, 0.5) is 0 Å². The van der Waals surface area contributed by atoms with Gasteiger partial charge in [-0.15, -0.1) is 6.58 Å². The molecule has 0 aromatic heterocycles. The Labute approximate surface area is 116 Å². The minimum atomic E-state index is 0.402. The van der Waals surface area contributed by atoms with Crippen LogP contribution >= 0.6 is 11.6 Å². The molecule has 0 heterocycles. The van der Waals surface area contributed by atoms with E-state index >= 15 is 0 Å². The highest BCUT2D eigenvalue weighted by atomic mass is 35.5. The van der Waals surface area contributed by atoms with E-state index in [1.165, 1.54) is 16.7 Å². The van der Waals surface area contributed by atoms with Crippen LogP contribution in [0.3, 0.4) is 0 Å². The zero-order valence-electron chi connectivity index (χ0n) is 11.7. The van der Waals surface area contributed by atoms with Crippen molar-refractivity contribution in [1.29, 1.82) is 0 Å². The summed E-state index contributed by atoms with van der Waals surface area (Å²) in [5.41, 5.74) is 3.86. The summed E-state index contributed by atoms with van der Waals surface area (Å²) in [6.45, 7) is 11.4. The van der Waals surface area contributed by atoms with Gasteiger partial charge in [-0.25, -0.2) is 0 Å². The number of aryl methyl sites for hydroxylation is 1. The third-order valence-electron chi connectivity index (χ3n) is 3.11. The normalized spacial score (nSPS) is 12.4. The minimum absolute atomic E-state index is 0.402. The second-order valence-electron chi connectivity index (χ2n) is 5.00. The van der Waals surface area contributed by atoms with Crippen LogP contribution in [-0.4, -0.2) is 6.54 Å². The fourth-order valence-electron chi connectivity index (χ4n) is 2.11. The molecule has 0 radical (unpaired) electrons. The molecule has 1 rings (SSSR count). The number of rotatable bonds is 7. The lowest BCUT2D eigenvalue weighted by Crippen LogP contribution is -2.23. The van der Waals surface area contributed by atoms with Gasteiger partial charge in [-0.3, -0.25) is 0 Å². The first-order valence-electron chi connectivity index (χ1n) is 6.68. The van der Waals surface area contributed by atoms with Gasteiger partial charge >= 0.3 is 0 Å². The molecule has 1 unspecified atom stereocenters. The summed E-state index contributed by atoms with van der Waals surface area (Å²) in [5.74, 6) is 0. The van der Waals surface area contributed by atoms with Crippen LogP contribution in [0.25, 0.3) is 0 Å². The van der Waals surface area contributed by atoms with E-state index in [-0.39, 0.29) is 0 Å². The van der Waals surface area contributed by atoms with Crippen LogP contribution in [0.5, 0.6) is 0 Å². The average molecular weight is 266 g/mol. The van der Waals surface area contributed by atoms with Crippen molar-refractivity contribution in [2.45, 2.75) is 46.1 Å². The van der Waals surface area contributed by atoms with Crippen molar-refractivity contribution in [2.75, 3.05) is 6.54 Å². The van der Waals surface area contributed by atoms with E-state index in [1.807, 2.05) is 12.1 Å². The molecule has 1 atom stereocenters. The number of nitrogens with one attached hydrogen (secondary N) is 1. The molecule has 0 spiro atoms. The van der Waals surface area contributed by atoms with Crippen molar-refractivity contribution in [2.24, 2.45) is 0 Å². The first kappa shape index (κ1) is 15.3. The summed E-state index contributed by atoms with van der Waals surface area (Å²) in [4.78, 5) is 0. The Bertz CT molecular complexity index is 398. The smallest absolute Gasteiger partial charge is 0.0408 e. The average Bonchev–Trinajstić information content (AvgIpc) is 2.30. The molecule has 1 nitrogen and oxygen atoms in total. The molecule has 1 aromatic rings. The molecule has 1 N–H and O–H groups in total. The molecule has 0 aliphatic heterocycles. The van der Waals surface area contributed by atoms with Crippen molar-refractivity contribution in [1.82, 2.24) is 5.32 Å². The SMILES string of the molecule is C=C(C)CCC(NCCC)c1ccc(Cl)cc1C. The summed E-state index contributed by atoms with van der Waals surface area (Å²) in [7, 11) is 0. The van der Waals surface area contributed by atoms with E-state index in [1.54, 1.807) is 0 Å². The molecule has 0 aliphatic carbocycles. The Kier molecular flexibility index (Phi) is 6.45. The lowest BCUT2D eigenvalue weighted by molar-refractivity contribution is 0.497. The van der Waals surface area contributed by atoms with E-state index < -0.39 is 0 Å². The summed E-state index contributed by atoms with van der Waals surface area (Å²) in [6.07, 6.45) is 3.30. The fraction of sp³-hybridized carbons (Fsp3) is 0.500. The topological polar surface area (TPSA) is 12.0 Å². The standard InChI is InChI=1S/C16H24ClN/c1-5-10-18-16(9-6-12(2)3)15-8-7-14(17)11-13(15)4/h7-8,11,16,18H,2,5-6,9-10H2,1,3-4H3. The molecule has 0 saturated carbocycles. The maximum absolute atomic E-state index is 6.02. The Morgan fingerprint density at radius 1 is 1.44 bits per heavy atom. The molecule has 0 amide bonds. The minimum Gasteiger partial charge on any atom is -0.310 e. The molecular weight excluding hydrogens is 242 g/mol. The van der Waals surface area contributed by atoms with Crippen LogP contribution in [0.15, 0.2) is 30.4 Å². The Morgan fingerprint density at radius 3 is 2.72 bits per heavy atom. The van der Waals surface area contributed by atoms with E-state index in [4.69, 9.17) is 11.6 Å². The van der Waals surface area contributed by atoms with Gasteiger partial charge in [-0.2, -0.15) is 0 Å². The maximum Gasteiger partial charge on any atom is 0.0408 e. The molecule has 18 heavy (non-hydrogen) atoms. The van der Waals surface area contributed by atoms with Gasteiger partial charge < -0.3 is 5.32 Å². The molecule has 0 fully saturated rings. The van der Waals surface area contributed by atoms with E-state index in [2.05, 4.69) is 38.7 Å². The number of halogens is 1. The predicted molar refractivity (Wildman–Crippen MR) is 81.3 cm³/mol. The summed E-state index contributed by atoms with van der Waals surface area (Å²) in [5, 5.41) is 4.43. The van der Waals surface area contributed by atoms with Crippen molar-refractivity contribution < 1.29 is 0 Å². The summed E-state index contributed by atoms with van der Waals surface area (Å²) >= 11 is 6.02. The highest BCUT2D eigenvalue weighted by Crippen LogP contribution is 2.25. The van der Waals surface area contributed by atoms with Gasteiger partial charge in [0.15, 0.2) is 0 Å². The lowest BCUT2D eigenvalue weighted by atomic mass is 9.96. The number of hydrogen-bond donors (Lipinski definition) is 1. The molecular formula is C16H24ClN. The Balaban J connectivity index is 2.82. The third kappa shape index (κ3) is 4.83. The fourth-order valence-corrected chi connectivity index (χ4v) is 2.33. The monoisotopic (exact) mass is 265 g/mol. The largest absolute Gasteiger partial charge is 0.310 e. The predicted octanol–water partition coefficient (Wildman–Crippen LogP) is 5.05. The van der Waals surface area contributed by atoms with Crippen LogP contribution in [0.2, 0.25) is 5.02 Å². The Hall–Kier alpha value is -0.790. The van der Waals surface area contributed by atoms with Crippen molar-refractivity contribution in [3.8, 4) is 0 Å². The van der Waals surface area contributed by atoms with Crippen molar-refractivity contribution in [3.63, 3.8) is 0 Å². The molecule has 100 valence electrons. The molecule has 0 bridgehead atoms. The van der Waals surface area contributed by atoms with Gasteiger partial charge in [0.1, 0.15) is 0 Å². The van der Waals surface area contributed by atoms with E-state index in [0.717, 1.165) is 30.8 Å². The van der Waals surface area contributed by atoms with Gasteiger partial charge in [-0.1, -0.05) is 30.2 Å². The van der Waals surface area contributed by atoms with E-state index in [0.29, 0.717) is 6.04 Å². The summed E-state index contributed by atoms with van der Waals surface area (Å²) < 4.78 is 0. The van der Waals surface area contributed by atoms with Crippen molar-refractivity contribution >= 4 is 11.6 Å². The first-order valence-corrected chi connectivity index (χ1v) is 7.06. The highest BCUT2D eigenvalue weighted by molar-refractivity contribution is 6.30. The number of hydrogen-bond acceptors (Lipinski definition) is 1. The van der Waals surface area contributed by atoms with Gasteiger partial charge in [0.2, 0.25) is 0 Å². The third-order valence-corrected chi connectivity index (χ3v) is 3.34. The van der Waals surface area contributed by atoms with Crippen LogP contribution in [0, 0.1) is 6.92 Å². The van der Waals surface area contributed by atoms with Gasteiger partial charge in [-0.05, 0) is 62.9 Å². The number of allylic oxidation sites excluding steroid dienone is 1. The number of benzene rings is 1. The molecule has 0 saturated heterocycles. The van der Waals surface area contributed by atoms with Gasteiger partial charge in [0.05, 0.1) is 0 Å². The zero-order chi connectivity index (χ0) is 13.5. The molecule has 0 aliphatic rings. The first-order chi connectivity index (χ1) is 8.54. The van der Waals surface area contributed by atoms with Gasteiger partial charge in [0.25, 0.3) is 0 Å².